The molecule has 0 fully saturated rings. The van der Waals surface area contributed by atoms with Gasteiger partial charge in [0.2, 0.25) is 0 Å². The van der Waals surface area contributed by atoms with E-state index in [1.54, 1.807) is 13.0 Å². The molecule has 0 aliphatic carbocycles. The first-order valence-corrected chi connectivity index (χ1v) is 4.38. The number of hydrogen-bond donors (Lipinski definition) is 1. The summed E-state index contributed by atoms with van der Waals surface area (Å²) in [6.07, 6.45) is 0. The van der Waals surface area contributed by atoms with Crippen LogP contribution in [0.25, 0.3) is 10.9 Å². The first kappa shape index (κ1) is 8.94. The monoisotopic (exact) mass is 191 g/mol. The van der Waals surface area contributed by atoms with Crippen molar-refractivity contribution in [1.29, 1.82) is 0 Å². The number of aromatic amines is 1. The molecule has 3 heteroatoms. The smallest absolute Gasteiger partial charge is 0.192 e. The normalized spacial score (nSPS) is 10.8. The zero-order valence-electron chi connectivity index (χ0n) is 8.02. The molecule has 2 aromatic rings. The van der Waals surface area contributed by atoms with E-state index in [1.165, 1.54) is 12.1 Å². The quantitative estimate of drug-likeness (QED) is 0.680. The summed E-state index contributed by atoms with van der Waals surface area (Å²) < 4.78 is 13.3. The van der Waals surface area contributed by atoms with Gasteiger partial charge in [-0.15, -0.1) is 0 Å². The molecule has 0 amide bonds. The molecular weight excluding hydrogens is 181 g/mol. The number of aromatic nitrogens is 1. The lowest BCUT2D eigenvalue weighted by atomic mass is 10.1. The highest BCUT2D eigenvalue weighted by Gasteiger charge is 2.07. The molecule has 14 heavy (non-hydrogen) atoms. The number of fused-ring (bicyclic) bond motifs is 1. The van der Waals surface area contributed by atoms with E-state index < -0.39 is 5.82 Å². The van der Waals surface area contributed by atoms with E-state index in [0.29, 0.717) is 5.52 Å². The largest absolute Gasteiger partial charge is 0.358 e. The maximum atomic E-state index is 13.3. The number of H-pyrrole nitrogens is 1. The Morgan fingerprint density at radius 1 is 1.29 bits per heavy atom. The van der Waals surface area contributed by atoms with Gasteiger partial charge in [0.05, 0.1) is 10.9 Å². The fourth-order valence-corrected chi connectivity index (χ4v) is 1.59. The van der Waals surface area contributed by atoms with Crippen LogP contribution in [0.3, 0.4) is 0 Å². The van der Waals surface area contributed by atoms with Gasteiger partial charge in [0.15, 0.2) is 5.43 Å². The van der Waals surface area contributed by atoms with Gasteiger partial charge in [0.25, 0.3) is 0 Å². The highest BCUT2D eigenvalue weighted by atomic mass is 19.1. The predicted molar refractivity (Wildman–Crippen MR) is 54.0 cm³/mol. The van der Waals surface area contributed by atoms with Crippen LogP contribution in [0.5, 0.6) is 0 Å². The molecule has 72 valence electrons. The Labute approximate surface area is 80.4 Å². The van der Waals surface area contributed by atoms with E-state index in [2.05, 4.69) is 4.98 Å². The fraction of sp³-hybridized carbons (Fsp3) is 0.182. The molecule has 2 rings (SSSR count). The average molecular weight is 191 g/mol. The highest BCUT2D eigenvalue weighted by molar-refractivity contribution is 5.82. The number of halogens is 1. The number of benzene rings is 1. The molecular formula is C11H10FNO. The lowest BCUT2D eigenvalue weighted by Crippen LogP contribution is -2.06. The molecule has 0 aliphatic heterocycles. The maximum absolute atomic E-state index is 13.3. The predicted octanol–water partition coefficient (Wildman–Crippen LogP) is 2.28. The molecule has 1 aromatic heterocycles. The molecule has 1 N–H and O–H groups in total. The third kappa shape index (κ3) is 1.21. The van der Waals surface area contributed by atoms with Gasteiger partial charge in [-0.3, -0.25) is 4.79 Å². The molecule has 1 heterocycles. The lowest BCUT2D eigenvalue weighted by molar-refractivity contribution is 0.638. The van der Waals surface area contributed by atoms with Crippen molar-refractivity contribution in [2.75, 3.05) is 0 Å². The van der Waals surface area contributed by atoms with Crippen molar-refractivity contribution in [2.45, 2.75) is 13.8 Å². The van der Waals surface area contributed by atoms with Crippen LogP contribution in [0.2, 0.25) is 0 Å². The van der Waals surface area contributed by atoms with E-state index in [4.69, 9.17) is 0 Å². The number of aryl methyl sites for hydroxylation is 2. The Bertz CT molecular complexity index is 557. The zero-order chi connectivity index (χ0) is 10.3. The van der Waals surface area contributed by atoms with E-state index in [1.807, 2.05) is 6.92 Å². The van der Waals surface area contributed by atoms with Crippen LogP contribution in [-0.2, 0) is 0 Å². The molecule has 0 atom stereocenters. The van der Waals surface area contributed by atoms with Crippen molar-refractivity contribution in [2.24, 2.45) is 0 Å². The van der Waals surface area contributed by atoms with E-state index in [-0.39, 0.29) is 10.8 Å². The summed E-state index contributed by atoms with van der Waals surface area (Å²) in [7, 11) is 0. The Morgan fingerprint density at radius 3 is 2.71 bits per heavy atom. The van der Waals surface area contributed by atoms with Crippen molar-refractivity contribution in [3.05, 3.63) is 45.5 Å². The van der Waals surface area contributed by atoms with Gasteiger partial charge in [-0.25, -0.2) is 4.39 Å². The SMILES string of the molecule is Cc1cc(=O)c2c(F)ccc(C)c2[nH]1. The fourth-order valence-electron chi connectivity index (χ4n) is 1.59. The minimum atomic E-state index is -0.466. The van der Waals surface area contributed by atoms with Crippen molar-refractivity contribution in [1.82, 2.24) is 4.98 Å². The molecule has 2 nitrogen and oxygen atoms in total. The standard InChI is InChI=1S/C11H10FNO/c1-6-3-4-8(12)10-9(14)5-7(2)13-11(6)10/h3-5H,1-2H3,(H,13,14). The van der Waals surface area contributed by atoms with Gasteiger partial charge in [-0.2, -0.15) is 0 Å². The topological polar surface area (TPSA) is 32.9 Å². The van der Waals surface area contributed by atoms with Gasteiger partial charge in [-0.1, -0.05) is 6.07 Å². The van der Waals surface area contributed by atoms with Crippen LogP contribution < -0.4 is 5.43 Å². The van der Waals surface area contributed by atoms with E-state index in [9.17, 15) is 9.18 Å². The number of rotatable bonds is 0. The first-order chi connectivity index (χ1) is 6.59. The summed E-state index contributed by atoms with van der Waals surface area (Å²) in [4.78, 5) is 14.5. The molecule has 0 spiro atoms. The second-order valence-electron chi connectivity index (χ2n) is 3.43. The molecule has 0 saturated carbocycles. The van der Waals surface area contributed by atoms with Crippen molar-refractivity contribution >= 4 is 10.9 Å². The summed E-state index contributed by atoms with van der Waals surface area (Å²) in [5.41, 5.74) is 1.95. The number of hydrogen-bond acceptors (Lipinski definition) is 1. The Kier molecular flexibility index (Phi) is 1.88. The first-order valence-electron chi connectivity index (χ1n) is 4.38. The molecule has 0 aliphatic rings. The second kappa shape index (κ2) is 2.94. The lowest BCUT2D eigenvalue weighted by Gasteiger charge is -2.03. The summed E-state index contributed by atoms with van der Waals surface area (Å²) in [6, 6.07) is 4.39. The van der Waals surface area contributed by atoms with Gasteiger partial charge >= 0.3 is 0 Å². The van der Waals surface area contributed by atoms with E-state index >= 15 is 0 Å². The zero-order valence-corrected chi connectivity index (χ0v) is 8.02. The van der Waals surface area contributed by atoms with E-state index in [0.717, 1.165) is 11.3 Å². The summed E-state index contributed by atoms with van der Waals surface area (Å²) in [6.45, 7) is 3.63. The van der Waals surface area contributed by atoms with Crippen LogP contribution in [0.1, 0.15) is 11.3 Å². The van der Waals surface area contributed by atoms with Crippen molar-refractivity contribution in [3.8, 4) is 0 Å². The molecule has 0 bridgehead atoms. The van der Waals surface area contributed by atoms with Crippen LogP contribution >= 0.6 is 0 Å². The van der Waals surface area contributed by atoms with Gasteiger partial charge in [-0.05, 0) is 25.5 Å². The Balaban J connectivity index is 3.08. The maximum Gasteiger partial charge on any atom is 0.192 e. The van der Waals surface area contributed by atoms with Gasteiger partial charge < -0.3 is 4.98 Å². The van der Waals surface area contributed by atoms with Crippen LogP contribution in [0, 0.1) is 19.7 Å². The molecule has 0 unspecified atom stereocenters. The van der Waals surface area contributed by atoms with Crippen LogP contribution in [0.4, 0.5) is 4.39 Å². The Morgan fingerprint density at radius 2 is 2.00 bits per heavy atom. The summed E-state index contributed by atoms with van der Waals surface area (Å²) in [5, 5.41) is 0.149. The summed E-state index contributed by atoms with van der Waals surface area (Å²) in [5.74, 6) is -0.466. The van der Waals surface area contributed by atoms with Crippen molar-refractivity contribution in [3.63, 3.8) is 0 Å². The molecule has 1 aromatic carbocycles. The third-order valence-electron chi connectivity index (χ3n) is 2.28. The number of nitrogens with one attached hydrogen (secondary N) is 1. The highest BCUT2D eigenvalue weighted by Crippen LogP contribution is 2.16. The average Bonchev–Trinajstić information content (AvgIpc) is 2.10. The van der Waals surface area contributed by atoms with Crippen LogP contribution in [-0.4, -0.2) is 4.98 Å². The third-order valence-corrected chi connectivity index (χ3v) is 2.28. The van der Waals surface area contributed by atoms with Gasteiger partial charge in [0, 0.05) is 11.8 Å². The minimum Gasteiger partial charge on any atom is -0.358 e. The van der Waals surface area contributed by atoms with Gasteiger partial charge in [0.1, 0.15) is 5.82 Å². The molecule has 0 radical (unpaired) electrons. The summed E-state index contributed by atoms with van der Waals surface area (Å²) >= 11 is 0. The Hall–Kier alpha value is -1.64. The van der Waals surface area contributed by atoms with Crippen LogP contribution in [0.15, 0.2) is 23.0 Å². The second-order valence-corrected chi connectivity index (χ2v) is 3.43. The molecule has 0 saturated heterocycles. The number of pyridine rings is 1. The minimum absolute atomic E-state index is 0.149. The van der Waals surface area contributed by atoms with Crippen molar-refractivity contribution < 1.29 is 4.39 Å².